The molecule has 1 aromatic heterocycles. The van der Waals surface area contributed by atoms with E-state index in [0.717, 1.165) is 38.0 Å². The van der Waals surface area contributed by atoms with Crippen molar-refractivity contribution in [3.05, 3.63) is 42.1 Å². The highest BCUT2D eigenvalue weighted by Crippen LogP contribution is 2.24. The van der Waals surface area contributed by atoms with Crippen LogP contribution in [0, 0.1) is 5.92 Å². The molecule has 0 radical (unpaired) electrons. The Morgan fingerprint density at radius 2 is 2.19 bits per heavy atom. The van der Waals surface area contributed by atoms with Gasteiger partial charge in [-0.05, 0) is 36.9 Å². The molecule has 1 fully saturated rings. The third-order valence-corrected chi connectivity index (χ3v) is 4.25. The van der Waals surface area contributed by atoms with Crippen molar-refractivity contribution in [2.75, 3.05) is 13.1 Å². The van der Waals surface area contributed by atoms with E-state index >= 15 is 0 Å². The second kappa shape index (κ2) is 6.22. The van der Waals surface area contributed by atoms with E-state index in [2.05, 4.69) is 34.1 Å². The van der Waals surface area contributed by atoms with Crippen LogP contribution in [0.25, 0.3) is 10.9 Å². The summed E-state index contributed by atoms with van der Waals surface area (Å²) in [4.78, 5) is 17.6. The number of para-hydroxylation sites is 1. The number of nitrogens with zero attached hydrogens (tertiary/aromatic N) is 2. The maximum absolute atomic E-state index is 10.7. The van der Waals surface area contributed by atoms with Crippen molar-refractivity contribution < 1.29 is 9.90 Å². The molecule has 1 aliphatic rings. The monoisotopic (exact) mass is 284 g/mol. The lowest BCUT2D eigenvalue weighted by atomic mass is 10.0. The standard InChI is InChI=1S/C17H20N2O2/c20-16(21)7-6-13-8-10-19(11-13)12-15-4-1-3-14-5-2-9-18-17(14)15/h1-5,9,13H,6-8,10-12H2,(H,20,21). The second-order valence-electron chi connectivity index (χ2n) is 5.81. The first-order valence-corrected chi connectivity index (χ1v) is 7.49. The van der Waals surface area contributed by atoms with Gasteiger partial charge in [-0.15, -0.1) is 0 Å². The van der Waals surface area contributed by atoms with Crippen LogP contribution in [0.5, 0.6) is 0 Å². The van der Waals surface area contributed by atoms with Crippen LogP contribution in [0.1, 0.15) is 24.8 Å². The molecule has 2 heterocycles. The fourth-order valence-electron chi connectivity index (χ4n) is 3.16. The Balaban J connectivity index is 1.65. The summed E-state index contributed by atoms with van der Waals surface area (Å²) in [6.45, 7) is 2.95. The van der Waals surface area contributed by atoms with Crippen LogP contribution in [0.4, 0.5) is 0 Å². The van der Waals surface area contributed by atoms with Crippen molar-refractivity contribution in [1.82, 2.24) is 9.88 Å². The normalized spacial score (nSPS) is 19.1. The number of benzene rings is 1. The van der Waals surface area contributed by atoms with Crippen molar-refractivity contribution in [3.63, 3.8) is 0 Å². The number of rotatable bonds is 5. The number of pyridine rings is 1. The van der Waals surface area contributed by atoms with Gasteiger partial charge >= 0.3 is 5.97 Å². The van der Waals surface area contributed by atoms with Gasteiger partial charge in [0.25, 0.3) is 0 Å². The zero-order chi connectivity index (χ0) is 14.7. The highest BCUT2D eigenvalue weighted by molar-refractivity contribution is 5.81. The second-order valence-corrected chi connectivity index (χ2v) is 5.81. The fraction of sp³-hybridized carbons (Fsp3) is 0.412. The van der Waals surface area contributed by atoms with Gasteiger partial charge in [-0.2, -0.15) is 0 Å². The minimum absolute atomic E-state index is 0.286. The first kappa shape index (κ1) is 14.0. The molecule has 1 N–H and O–H groups in total. The number of likely N-dealkylation sites (tertiary alicyclic amines) is 1. The van der Waals surface area contributed by atoms with Gasteiger partial charge in [0.2, 0.25) is 0 Å². The van der Waals surface area contributed by atoms with Crippen molar-refractivity contribution in [3.8, 4) is 0 Å². The Hall–Kier alpha value is -1.94. The Morgan fingerprint density at radius 3 is 3.05 bits per heavy atom. The minimum Gasteiger partial charge on any atom is -0.481 e. The molecular weight excluding hydrogens is 264 g/mol. The van der Waals surface area contributed by atoms with E-state index in [9.17, 15) is 4.79 Å². The molecule has 1 aromatic carbocycles. The predicted molar refractivity (Wildman–Crippen MR) is 82.0 cm³/mol. The van der Waals surface area contributed by atoms with Crippen molar-refractivity contribution in [2.24, 2.45) is 5.92 Å². The predicted octanol–water partition coefficient (Wildman–Crippen LogP) is 2.92. The van der Waals surface area contributed by atoms with Crippen LogP contribution in [-0.4, -0.2) is 34.0 Å². The molecule has 21 heavy (non-hydrogen) atoms. The Morgan fingerprint density at radius 1 is 1.33 bits per heavy atom. The topological polar surface area (TPSA) is 53.4 Å². The van der Waals surface area contributed by atoms with E-state index < -0.39 is 5.97 Å². The first-order chi connectivity index (χ1) is 10.2. The quantitative estimate of drug-likeness (QED) is 0.917. The van der Waals surface area contributed by atoms with Crippen LogP contribution >= 0.6 is 0 Å². The molecule has 1 aliphatic heterocycles. The highest BCUT2D eigenvalue weighted by atomic mass is 16.4. The zero-order valence-corrected chi connectivity index (χ0v) is 12.0. The van der Waals surface area contributed by atoms with Crippen molar-refractivity contribution in [2.45, 2.75) is 25.8 Å². The molecule has 0 spiro atoms. The van der Waals surface area contributed by atoms with E-state index in [-0.39, 0.29) is 6.42 Å². The van der Waals surface area contributed by atoms with Crippen molar-refractivity contribution in [1.29, 1.82) is 0 Å². The number of carbonyl (C=O) groups is 1. The summed E-state index contributed by atoms with van der Waals surface area (Å²) >= 11 is 0. The van der Waals surface area contributed by atoms with Gasteiger partial charge in [0.1, 0.15) is 0 Å². The molecule has 4 nitrogen and oxygen atoms in total. The number of aliphatic carboxylic acids is 1. The Labute approximate surface area is 124 Å². The van der Waals surface area contributed by atoms with Crippen LogP contribution in [-0.2, 0) is 11.3 Å². The SMILES string of the molecule is O=C(O)CCC1CCN(Cc2cccc3cccnc23)C1. The summed E-state index contributed by atoms with van der Waals surface area (Å²) in [5.74, 6) is -0.171. The van der Waals surface area contributed by atoms with Gasteiger partial charge in [0.15, 0.2) is 0 Å². The molecule has 1 atom stereocenters. The van der Waals surface area contributed by atoms with Crippen molar-refractivity contribution >= 4 is 16.9 Å². The fourth-order valence-corrected chi connectivity index (χ4v) is 3.16. The summed E-state index contributed by atoms with van der Waals surface area (Å²) in [6.07, 6.45) is 4.02. The number of carboxylic acids is 1. The molecule has 0 amide bonds. The third-order valence-electron chi connectivity index (χ3n) is 4.25. The number of hydrogen-bond acceptors (Lipinski definition) is 3. The van der Waals surface area contributed by atoms with E-state index in [0.29, 0.717) is 5.92 Å². The molecular formula is C17H20N2O2. The van der Waals surface area contributed by atoms with Gasteiger partial charge < -0.3 is 5.11 Å². The summed E-state index contributed by atoms with van der Waals surface area (Å²) < 4.78 is 0. The highest BCUT2D eigenvalue weighted by Gasteiger charge is 2.23. The smallest absolute Gasteiger partial charge is 0.303 e. The molecule has 0 aliphatic carbocycles. The largest absolute Gasteiger partial charge is 0.481 e. The van der Waals surface area contributed by atoms with Crippen LogP contribution in [0.3, 0.4) is 0 Å². The zero-order valence-electron chi connectivity index (χ0n) is 12.0. The van der Waals surface area contributed by atoms with Gasteiger partial charge in [0, 0.05) is 31.1 Å². The molecule has 4 heteroatoms. The molecule has 2 aromatic rings. The lowest BCUT2D eigenvalue weighted by Crippen LogP contribution is -2.20. The number of aromatic nitrogens is 1. The van der Waals surface area contributed by atoms with E-state index in [1.54, 1.807) is 0 Å². The molecule has 1 saturated heterocycles. The summed E-state index contributed by atoms with van der Waals surface area (Å²) in [7, 11) is 0. The Kier molecular flexibility index (Phi) is 4.15. The molecule has 0 saturated carbocycles. The molecule has 110 valence electrons. The maximum atomic E-state index is 10.7. The lowest BCUT2D eigenvalue weighted by molar-refractivity contribution is -0.137. The minimum atomic E-state index is -0.688. The van der Waals surface area contributed by atoms with Gasteiger partial charge in [0.05, 0.1) is 5.52 Å². The maximum Gasteiger partial charge on any atom is 0.303 e. The van der Waals surface area contributed by atoms with Crippen LogP contribution in [0.15, 0.2) is 36.5 Å². The number of hydrogen-bond donors (Lipinski definition) is 1. The summed E-state index contributed by atoms with van der Waals surface area (Å²) in [5.41, 5.74) is 2.33. The average Bonchev–Trinajstić information content (AvgIpc) is 2.93. The summed E-state index contributed by atoms with van der Waals surface area (Å²) in [5, 5.41) is 9.95. The van der Waals surface area contributed by atoms with Gasteiger partial charge in [-0.1, -0.05) is 24.3 Å². The van der Waals surface area contributed by atoms with E-state index in [1.807, 2.05) is 12.3 Å². The van der Waals surface area contributed by atoms with Gasteiger partial charge in [-0.25, -0.2) is 0 Å². The molecule has 1 unspecified atom stereocenters. The Bertz CT molecular complexity index is 636. The molecule has 0 bridgehead atoms. The van der Waals surface area contributed by atoms with Crippen LogP contribution in [0.2, 0.25) is 0 Å². The third kappa shape index (κ3) is 3.39. The van der Waals surface area contributed by atoms with E-state index in [4.69, 9.17) is 5.11 Å². The van der Waals surface area contributed by atoms with Crippen LogP contribution < -0.4 is 0 Å². The van der Waals surface area contributed by atoms with Gasteiger partial charge in [-0.3, -0.25) is 14.7 Å². The first-order valence-electron chi connectivity index (χ1n) is 7.49. The lowest BCUT2D eigenvalue weighted by Gasteiger charge is -2.17. The van der Waals surface area contributed by atoms with E-state index in [1.165, 1.54) is 10.9 Å². The number of carboxylic acid groups (broad SMARTS) is 1. The number of fused-ring (bicyclic) bond motifs is 1. The average molecular weight is 284 g/mol. The summed E-state index contributed by atoms with van der Waals surface area (Å²) in [6, 6.07) is 10.4. The molecule has 3 rings (SSSR count).